The lowest BCUT2D eigenvalue weighted by atomic mass is 10.0. The molecule has 9 nitrogen and oxygen atoms in total. The summed E-state index contributed by atoms with van der Waals surface area (Å²) in [5.41, 5.74) is 1.58. The molecule has 0 saturated carbocycles. The maximum absolute atomic E-state index is 14.5. The number of fused-ring (bicyclic) bond motifs is 1. The predicted molar refractivity (Wildman–Crippen MR) is 182 cm³/mol. The molecule has 1 aliphatic heterocycles. The molecule has 0 bridgehead atoms. The molecular formula is C36H37ClFN3O6S. The fraction of sp³-hybridized carbons (Fsp3) is 0.278. The van der Waals surface area contributed by atoms with Crippen LogP contribution in [0.2, 0.25) is 5.02 Å². The molecule has 2 amide bonds. The molecule has 0 radical (unpaired) electrons. The highest BCUT2D eigenvalue weighted by Crippen LogP contribution is 2.34. The van der Waals surface area contributed by atoms with Crippen molar-refractivity contribution in [1.82, 2.24) is 10.2 Å². The van der Waals surface area contributed by atoms with Crippen molar-refractivity contribution in [1.29, 1.82) is 0 Å². The van der Waals surface area contributed by atoms with Crippen LogP contribution >= 0.6 is 11.6 Å². The summed E-state index contributed by atoms with van der Waals surface area (Å²) in [6.07, 6.45) is 1.80. The number of rotatable bonds is 14. The third-order valence-corrected chi connectivity index (χ3v) is 9.88. The van der Waals surface area contributed by atoms with E-state index in [1.165, 1.54) is 35.2 Å². The van der Waals surface area contributed by atoms with Crippen LogP contribution in [0.1, 0.15) is 30.9 Å². The number of hydrogen-bond acceptors (Lipinski definition) is 6. The second-order valence-corrected chi connectivity index (χ2v) is 13.6. The van der Waals surface area contributed by atoms with E-state index in [4.69, 9.17) is 21.1 Å². The van der Waals surface area contributed by atoms with E-state index >= 15 is 0 Å². The van der Waals surface area contributed by atoms with Crippen molar-refractivity contribution in [2.45, 2.75) is 43.7 Å². The lowest BCUT2D eigenvalue weighted by Gasteiger charge is -2.34. The number of amides is 2. The fourth-order valence-corrected chi connectivity index (χ4v) is 6.85. The van der Waals surface area contributed by atoms with Gasteiger partial charge in [0.2, 0.25) is 11.8 Å². The zero-order valence-electron chi connectivity index (χ0n) is 26.5. The molecule has 0 aromatic heterocycles. The number of carbonyl (C=O) groups excluding carboxylic acids is 2. The normalized spacial score (nSPS) is 13.0. The van der Waals surface area contributed by atoms with Crippen LogP contribution < -0.4 is 19.1 Å². The molecule has 48 heavy (non-hydrogen) atoms. The Labute approximate surface area is 285 Å². The molecule has 0 unspecified atom stereocenters. The number of halogens is 2. The van der Waals surface area contributed by atoms with Crippen molar-refractivity contribution < 1.29 is 31.9 Å². The van der Waals surface area contributed by atoms with E-state index in [1.54, 1.807) is 24.3 Å². The SMILES string of the molecule is CCCCNC(=O)[C@@H](Cc1ccccc1)N(Cc1ccc(Cl)cc1)C(=O)CN(c1ccc(F)cc1)S(=O)(=O)c1ccc2c(c1)OCCO2. The van der Waals surface area contributed by atoms with Gasteiger partial charge >= 0.3 is 0 Å². The van der Waals surface area contributed by atoms with Crippen LogP contribution in [-0.2, 0) is 32.6 Å². The summed E-state index contributed by atoms with van der Waals surface area (Å²) >= 11 is 6.14. The Kier molecular flexibility index (Phi) is 11.6. The van der Waals surface area contributed by atoms with Crippen LogP contribution in [-0.4, -0.2) is 57.5 Å². The molecule has 0 saturated heterocycles. The standard InChI is InChI=1S/C36H37ClFN3O6S/c1-2-3-19-39-36(43)32(22-26-7-5-4-6-8-26)40(24-27-9-11-28(37)12-10-27)35(42)25-41(30-15-13-29(38)14-16-30)48(44,45)31-17-18-33-34(23-31)47-21-20-46-33/h4-18,23,32H,2-3,19-22,24-25H2,1H3,(H,39,43)/t32-/m1/s1. The second kappa shape index (κ2) is 16.0. The highest BCUT2D eigenvalue weighted by Gasteiger charge is 2.35. The number of sulfonamides is 1. The van der Waals surface area contributed by atoms with E-state index < -0.39 is 34.3 Å². The minimum absolute atomic E-state index is 0.00394. The molecule has 1 N–H and O–H groups in total. The number of anilines is 1. The molecule has 0 aliphatic carbocycles. The van der Waals surface area contributed by atoms with Gasteiger partial charge in [0.15, 0.2) is 11.5 Å². The van der Waals surface area contributed by atoms with Gasteiger partial charge in [-0.3, -0.25) is 13.9 Å². The Balaban J connectivity index is 1.56. The van der Waals surface area contributed by atoms with Gasteiger partial charge in [-0.2, -0.15) is 0 Å². The van der Waals surface area contributed by atoms with Crippen LogP contribution in [0, 0.1) is 5.82 Å². The average Bonchev–Trinajstić information content (AvgIpc) is 3.10. The molecule has 1 heterocycles. The summed E-state index contributed by atoms with van der Waals surface area (Å²) in [5, 5.41) is 3.46. The summed E-state index contributed by atoms with van der Waals surface area (Å²) in [6.45, 7) is 2.33. The molecule has 4 aromatic carbocycles. The van der Waals surface area contributed by atoms with Crippen molar-refractivity contribution in [3.05, 3.63) is 119 Å². The highest BCUT2D eigenvalue weighted by molar-refractivity contribution is 7.92. The minimum Gasteiger partial charge on any atom is -0.486 e. The maximum Gasteiger partial charge on any atom is 0.264 e. The number of unbranched alkanes of at least 4 members (excludes halogenated alkanes) is 1. The van der Waals surface area contributed by atoms with Gasteiger partial charge in [-0.25, -0.2) is 12.8 Å². The van der Waals surface area contributed by atoms with Gasteiger partial charge in [-0.15, -0.1) is 0 Å². The topological polar surface area (TPSA) is 105 Å². The zero-order valence-corrected chi connectivity index (χ0v) is 28.1. The van der Waals surface area contributed by atoms with Crippen LogP contribution in [0.4, 0.5) is 10.1 Å². The van der Waals surface area contributed by atoms with Crippen LogP contribution in [0.15, 0.2) is 102 Å². The largest absolute Gasteiger partial charge is 0.486 e. The minimum atomic E-state index is -4.42. The summed E-state index contributed by atoms with van der Waals surface area (Å²) in [5.74, 6) is -0.919. The van der Waals surface area contributed by atoms with Gasteiger partial charge in [-0.05, 0) is 66.1 Å². The monoisotopic (exact) mass is 693 g/mol. The van der Waals surface area contributed by atoms with Gasteiger partial charge in [0.25, 0.3) is 10.0 Å². The Morgan fingerprint density at radius 2 is 1.58 bits per heavy atom. The molecule has 1 aliphatic rings. The van der Waals surface area contributed by atoms with Gasteiger partial charge in [0.1, 0.15) is 31.6 Å². The van der Waals surface area contributed by atoms with E-state index in [1.807, 2.05) is 37.3 Å². The van der Waals surface area contributed by atoms with Crippen molar-refractivity contribution >= 4 is 39.1 Å². The Bertz CT molecular complexity index is 1810. The summed E-state index contributed by atoms with van der Waals surface area (Å²) in [7, 11) is -4.42. The van der Waals surface area contributed by atoms with Crippen LogP contribution in [0.25, 0.3) is 0 Å². The van der Waals surface area contributed by atoms with E-state index in [0.29, 0.717) is 29.5 Å². The van der Waals surface area contributed by atoms with Crippen molar-refractivity contribution in [2.24, 2.45) is 0 Å². The molecule has 4 aromatic rings. The third kappa shape index (κ3) is 8.64. The summed E-state index contributed by atoms with van der Waals surface area (Å²) in [6, 6.07) is 24.2. The van der Waals surface area contributed by atoms with E-state index in [0.717, 1.165) is 34.8 Å². The lowest BCUT2D eigenvalue weighted by Crippen LogP contribution is -2.53. The number of carbonyl (C=O) groups is 2. The Hall–Kier alpha value is -4.61. The number of benzene rings is 4. The molecule has 252 valence electrons. The molecule has 0 fully saturated rings. The van der Waals surface area contributed by atoms with E-state index in [9.17, 15) is 22.4 Å². The Morgan fingerprint density at radius 1 is 0.896 bits per heavy atom. The van der Waals surface area contributed by atoms with Gasteiger partial charge in [0, 0.05) is 30.6 Å². The third-order valence-electron chi connectivity index (χ3n) is 7.86. The zero-order chi connectivity index (χ0) is 34.1. The predicted octanol–water partition coefficient (Wildman–Crippen LogP) is 6.00. The summed E-state index contributed by atoms with van der Waals surface area (Å²) in [4.78, 5) is 29.6. The van der Waals surface area contributed by atoms with Crippen molar-refractivity contribution in [3.8, 4) is 11.5 Å². The second-order valence-electron chi connectivity index (χ2n) is 11.3. The quantitative estimate of drug-likeness (QED) is 0.163. The van der Waals surface area contributed by atoms with Gasteiger partial charge < -0.3 is 19.7 Å². The molecule has 0 spiro atoms. The van der Waals surface area contributed by atoms with Crippen molar-refractivity contribution in [3.63, 3.8) is 0 Å². The smallest absolute Gasteiger partial charge is 0.264 e. The fourth-order valence-electron chi connectivity index (χ4n) is 5.29. The van der Waals surface area contributed by atoms with Gasteiger partial charge in [-0.1, -0.05) is 67.4 Å². The average molecular weight is 694 g/mol. The molecule has 12 heteroatoms. The molecular weight excluding hydrogens is 657 g/mol. The number of ether oxygens (including phenoxy) is 2. The van der Waals surface area contributed by atoms with Crippen molar-refractivity contribution in [2.75, 3.05) is 30.6 Å². The number of hydrogen-bond donors (Lipinski definition) is 1. The highest BCUT2D eigenvalue weighted by atomic mass is 35.5. The first kappa shape index (κ1) is 34.7. The number of nitrogens with one attached hydrogen (secondary N) is 1. The molecule has 5 rings (SSSR count). The first-order valence-corrected chi connectivity index (χ1v) is 17.5. The van der Waals surface area contributed by atoms with E-state index in [2.05, 4.69) is 5.32 Å². The summed E-state index contributed by atoms with van der Waals surface area (Å²) < 4.78 is 54.7. The maximum atomic E-state index is 14.5. The molecule has 1 atom stereocenters. The first-order valence-electron chi connectivity index (χ1n) is 15.7. The Morgan fingerprint density at radius 3 is 2.27 bits per heavy atom. The van der Waals surface area contributed by atoms with Gasteiger partial charge in [0.05, 0.1) is 10.6 Å². The first-order chi connectivity index (χ1) is 23.2. The van der Waals surface area contributed by atoms with E-state index in [-0.39, 0.29) is 41.8 Å². The van der Waals surface area contributed by atoms with Crippen LogP contribution in [0.3, 0.4) is 0 Å². The lowest BCUT2D eigenvalue weighted by molar-refractivity contribution is -0.140. The van der Waals surface area contributed by atoms with Crippen LogP contribution in [0.5, 0.6) is 11.5 Å². The number of nitrogens with zero attached hydrogens (tertiary/aromatic N) is 2.